The Morgan fingerprint density at radius 2 is 2.37 bits per heavy atom. The van der Waals surface area contributed by atoms with Gasteiger partial charge < -0.3 is 4.74 Å². The number of hydrogen-bond acceptors (Lipinski definition) is 3. The van der Waals surface area contributed by atoms with Gasteiger partial charge in [0.15, 0.2) is 5.78 Å². The van der Waals surface area contributed by atoms with Crippen LogP contribution < -0.4 is 4.74 Å². The van der Waals surface area contributed by atoms with Crippen molar-refractivity contribution in [3.05, 3.63) is 29.6 Å². The molecule has 1 fully saturated rings. The van der Waals surface area contributed by atoms with Crippen LogP contribution in [-0.2, 0) is 11.2 Å². The fourth-order valence-corrected chi connectivity index (χ4v) is 3.10. The van der Waals surface area contributed by atoms with E-state index in [-0.39, 0.29) is 17.7 Å². The van der Waals surface area contributed by atoms with Crippen LogP contribution >= 0.6 is 0 Å². The minimum absolute atomic E-state index is 0.0285. The van der Waals surface area contributed by atoms with Crippen LogP contribution in [0.2, 0.25) is 0 Å². The molecule has 0 amide bonds. The summed E-state index contributed by atoms with van der Waals surface area (Å²) in [5.74, 6) is 0.417. The van der Waals surface area contributed by atoms with E-state index < -0.39 is 5.41 Å². The first-order chi connectivity index (χ1) is 9.13. The van der Waals surface area contributed by atoms with E-state index in [0.29, 0.717) is 31.4 Å². The van der Waals surface area contributed by atoms with Crippen molar-refractivity contribution >= 4 is 5.78 Å². The summed E-state index contributed by atoms with van der Waals surface area (Å²) in [7, 11) is 0. The molecule has 1 heterocycles. The van der Waals surface area contributed by atoms with Gasteiger partial charge in [0.25, 0.3) is 0 Å². The van der Waals surface area contributed by atoms with Gasteiger partial charge in [0.2, 0.25) is 0 Å². The van der Waals surface area contributed by atoms with Crippen LogP contribution in [0.15, 0.2) is 18.2 Å². The molecule has 1 aromatic rings. The number of rotatable bonds is 2. The van der Waals surface area contributed by atoms with Gasteiger partial charge >= 0.3 is 0 Å². The first-order valence-corrected chi connectivity index (χ1v) is 6.53. The predicted octanol–water partition coefficient (Wildman–Crippen LogP) is 2.78. The second-order valence-electron chi connectivity index (χ2n) is 5.37. The summed E-state index contributed by atoms with van der Waals surface area (Å²) in [6, 6.07) is 6.63. The molecule has 0 radical (unpaired) electrons. The van der Waals surface area contributed by atoms with Crippen LogP contribution in [0, 0.1) is 22.6 Å². The number of halogens is 1. The zero-order valence-electron chi connectivity index (χ0n) is 10.5. The van der Waals surface area contributed by atoms with E-state index in [1.165, 1.54) is 12.1 Å². The number of fused-ring (bicyclic) bond motifs is 1. The average Bonchev–Trinajstić information content (AvgIpc) is 2.94. The molecular weight excluding hydrogens is 245 g/mol. The number of ketones is 1. The van der Waals surface area contributed by atoms with Crippen LogP contribution in [-0.4, -0.2) is 11.9 Å². The van der Waals surface area contributed by atoms with Gasteiger partial charge in [-0.05, 0) is 31.0 Å². The van der Waals surface area contributed by atoms with Crippen molar-refractivity contribution in [2.75, 3.05) is 0 Å². The smallest absolute Gasteiger partial charge is 0.153 e. The largest absolute Gasteiger partial charge is 0.490 e. The fraction of sp³-hybridized carbons (Fsp3) is 0.467. The zero-order chi connectivity index (χ0) is 13.5. The number of Topliss-reactive ketones (excluding diaryl/α,β-unsaturated/α-hetero) is 1. The summed E-state index contributed by atoms with van der Waals surface area (Å²) in [6.45, 7) is 0. The number of benzene rings is 1. The molecule has 0 spiro atoms. The number of hydrogen-bond donors (Lipinski definition) is 0. The van der Waals surface area contributed by atoms with Gasteiger partial charge in [0.05, 0.1) is 6.07 Å². The maximum atomic E-state index is 13.1. The molecule has 2 unspecified atom stereocenters. The molecule has 0 N–H and O–H groups in total. The highest BCUT2D eigenvalue weighted by Crippen LogP contribution is 2.42. The molecule has 1 saturated carbocycles. The van der Waals surface area contributed by atoms with E-state index in [0.717, 1.165) is 12.0 Å². The Morgan fingerprint density at radius 1 is 1.53 bits per heavy atom. The quantitative estimate of drug-likeness (QED) is 0.820. The highest BCUT2D eigenvalue weighted by molar-refractivity contribution is 5.89. The number of carbonyl (C=O) groups is 1. The highest BCUT2D eigenvalue weighted by atomic mass is 19.1. The second kappa shape index (κ2) is 4.34. The minimum atomic E-state index is -0.884. The average molecular weight is 259 g/mol. The van der Waals surface area contributed by atoms with Crippen LogP contribution in [0.4, 0.5) is 4.39 Å². The van der Waals surface area contributed by atoms with Crippen molar-refractivity contribution in [2.24, 2.45) is 5.41 Å². The number of carbonyl (C=O) groups excluding carboxylic acids is 1. The first-order valence-electron chi connectivity index (χ1n) is 6.53. The molecule has 4 heteroatoms. The van der Waals surface area contributed by atoms with Gasteiger partial charge in [-0.2, -0.15) is 5.26 Å². The van der Waals surface area contributed by atoms with Gasteiger partial charge in [-0.15, -0.1) is 0 Å². The molecule has 19 heavy (non-hydrogen) atoms. The third-order valence-electron chi connectivity index (χ3n) is 4.10. The normalized spacial score (nSPS) is 28.8. The van der Waals surface area contributed by atoms with E-state index in [1.807, 2.05) is 0 Å². The number of nitrogens with zero attached hydrogens (tertiary/aromatic N) is 1. The van der Waals surface area contributed by atoms with Crippen LogP contribution in [0.5, 0.6) is 5.75 Å². The zero-order valence-corrected chi connectivity index (χ0v) is 10.5. The Morgan fingerprint density at radius 3 is 3.05 bits per heavy atom. The van der Waals surface area contributed by atoms with Crippen molar-refractivity contribution < 1.29 is 13.9 Å². The monoisotopic (exact) mass is 259 g/mol. The van der Waals surface area contributed by atoms with Gasteiger partial charge in [-0.25, -0.2) is 4.39 Å². The summed E-state index contributed by atoms with van der Waals surface area (Å²) in [4.78, 5) is 11.9. The van der Waals surface area contributed by atoms with Crippen LogP contribution in [0.25, 0.3) is 0 Å². The number of ether oxygens (including phenoxy) is 1. The Labute approximate surface area is 111 Å². The molecule has 0 saturated heterocycles. The molecule has 0 bridgehead atoms. The molecule has 0 aromatic heterocycles. The van der Waals surface area contributed by atoms with Crippen molar-refractivity contribution in [2.45, 2.75) is 38.2 Å². The molecule has 3 rings (SSSR count). The van der Waals surface area contributed by atoms with Crippen molar-refractivity contribution in [1.29, 1.82) is 5.26 Å². The lowest BCUT2D eigenvalue weighted by Gasteiger charge is -2.22. The van der Waals surface area contributed by atoms with Gasteiger partial charge in [-0.1, -0.05) is 0 Å². The summed E-state index contributed by atoms with van der Waals surface area (Å²) < 4.78 is 18.9. The maximum absolute atomic E-state index is 13.1. The van der Waals surface area contributed by atoms with Crippen LogP contribution in [0.3, 0.4) is 0 Å². The van der Waals surface area contributed by atoms with Gasteiger partial charge in [-0.3, -0.25) is 4.79 Å². The molecule has 1 aliphatic carbocycles. The molecule has 2 atom stereocenters. The molecule has 1 aromatic carbocycles. The molecule has 1 aliphatic heterocycles. The molecule has 3 nitrogen and oxygen atoms in total. The van der Waals surface area contributed by atoms with E-state index in [2.05, 4.69) is 6.07 Å². The minimum Gasteiger partial charge on any atom is -0.490 e. The van der Waals surface area contributed by atoms with E-state index in [1.54, 1.807) is 6.07 Å². The van der Waals surface area contributed by atoms with E-state index in [9.17, 15) is 14.4 Å². The first kappa shape index (κ1) is 12.2. The van der Waals surface area contributed by atoms with Crippen molar-refractivity contribution in [3.63, 3.8) is 0 Å². The summed E-state index contributed by atoms with van der Waals surface area (Å²) in [5.41, 5.74) is -0.0610. The fourth-order valence-electron chi connectivity index (χ4n) is 3.10. The molecule has 98 valence electrons. The lowest BCUT2D eigenvalue weighted by atomic mass is 9.80. The van der Waals surface area contributed by atoms with E-state index in [4.69, 9.17) is 4.74 Å². The van der Waals surface area contributed by atoms with Gasteiger partial charge in [0, 0.05) is 24.8 Å². The summed E-state index contributed by atoms with van der Waals surface area (Å²) >= 11 is 0. The standard InChI is InChI=1S/C15H14FNO2/c16-11-3-4-13-10(6-11)7-12(19-13)8-15(9-17)5-1-2-14(15)18/h3-4,6,12H,1-2,5,7-8H2. The Balaban J connectivity index is 1.77. The Bertz CT molecular complexity index is 578. The van der Waals surface area contributed by atoms with Crippen LogP contribution in [0.1, 0.15) is 31.2 Å². The predicted molar refractivity (Wildman–Crippen MR) is 66.0 cm³/mol. The number of nitriles is 1. The maximum Gasteiger partial charge on any atom is 0.153 e. The second-order valence-corrected chi connectivity index (χ2v) is 5.37. The summed E-state index contributed by atoms with van der Waals surface area (Å²) in [6.07, 6.45) is 2.68. The summed E-state index contributed by atoms with van der Waals surface area (Å²) in [5, 5.41) is 9.32. The topological polar surface area (TPSA) is 50.1 Å². The van der Waals surface area contributed by atoms with Crippen molar-refractivity contribution in [1.82, 2.24) is 0 Å². The van der Waals surface area contributed by atoms with Crippen molar-refractivity contribution in [3.8, 4) is 11.8 Å². The third kappa shape index (κ3) is 1.99. The Kier molecular flexibility index (Phi) is 2.78. The lowest BCUT2D eigenvalue weighted by Crippen LogP contribution is -2.31. The molecular formula is C15H14FNO2. The molecule has 2 aliphatic rings. The Hall–Kier alpha value is -1.89. The highest BCUT2D eigenvalue weighted by Gasteiger charge is 2.45. The van der Waals surface area contributed by atoms with E-state index >= 15 is 0 Å². The SMILES string of the molecule is N#CC1(CC2Cc3cc(F)ccc3O2)CCCC1=O. The van der Waals surface area contributed by atoms with Gasteiger partial charge in [0.1, 0.15) is 23.1 Å². The lowest BCUT2D eigenvalue weighted by molar-refractivity contribution is -0.124. The third-order valence-corrected chi connectivity index (χ3v) is 4.10.